The summed E-state index contributed by atoms with van der Waals surface area (Å²) in [6.07, 6.45) is 2.33. The van der Waals surface area contributed by atoms with Gasteiger partial charge in [-0.2, -0.15) is 0 Å². The lowest BCUT2D eigenvalue weighted by Gasteiger charge is -2.13. The SMILES string of the molecule is CCC(C)CCOCCOCCOCCOCCOCCOCCN(C)CC. The van der Waals surface area contributed by atoms with Gasteiger partial charge >= 0.3 is 0 Å². The van der Waals surface area contributed by atoms with Crippen LogP contribution in [0.4, 0.5) is 0 Å². The minimum absolute atomic E-state index is 0.571. The molecule has 0 rings (SSSR count). The zero-order valence-corrected chi connectivity index (χ0v) is 18.8. The molecule has 0 aromatic carbocycles. The maximum atomic E-state index is 5.53. The third-order valence-corrected chi connectivity index (χ3v) is 4.47. The highest BCUT2D eigenvalue weighted by molar-refractivity contribution is 4.48. The summed E-state index contributed by atoms with van der Waals surface area (Å²) in [5, 5.41) is 0. The number of hydrogen-bond donors (Lipinski definition) is 0. The van der Waals surface area contributed by atoms with Gasteiger partial charge in [0.15, 0.2) is 0 Å². The van der Waals surface area contributed by atoms with Gasteiger partial charge in [0.1, 0.15) is 0 Å². The zero-order valence-electron chi connectivity index (χ0n) is 18.8. The summed E-state index contributed by atoms with van der Waals surface area (Å²) in [6, 6.07) is 0. The van der Waals surface area contributed by atoms with Gasteiger partial charge in [-0.1, -0.05) is 27.2 Å². The van der Waals surface area contributed by atoms with E-state index in [1.165, 1.54) is 6.42 Å². The molecule has 0 aromatic rings. The molecule has 0 aromatic heterocycles. The van der Waals surface area contributed by atoms with Crippen molar-refractivity contribution in [3.05, 3.63) is 0 Å². The highest BCUT2D eigenvalue weighted by atomic mass is 16.6. The Labute approximate surface area is 172 Å². The minimum Gasteiger partial charge on any atom is -0.379 e. The van der Waals surface area contributed by atoms with Crippen LogP contribution in [0.1, 0.15) is 33.6 Å². The predicted molar refractivity (Wildman–Crippen MR) is 112 cm³/mol. The Balaban J connectivity index is 3.03. The van der Waals surface area contributed by atoms with Gasteiger partial charge in [-0.3, -0.25) is 0 Å². The van der Waals surface area contributed by atoms with Crippen LogP contribution in [-0.2, 0) is 28.4 Å². The summed E-state index contributed by atoms with van der Waals surface area (Å²) in [5.74, 6) is 0.736. The van der Waals surface area contributed by atoms with Crippen LogP contribution >= 0.6 is 0 Å². The van der Waals surface area contributed by atoms with Gasteiger partial charge in [0.05, 0.1) is 72.7 Å². The largest absolute Gasteiger partial charge is 0.379 e. The van der Waals surface area contributed by atoms with Crippen LogP contribution in [0.5, 0.6) is 0 Å². The van der Waals surface area contributed by atoms with Gasteiger partial charge < -0.3 is 33.3 Å². The van der Waals surface area contributed by atoms with Crippen molar-refractivity contribution < 1.29 is 28.4 Å². The lowest BCUT2D eigenvalue weighted by atomic mass is 10.1. The summed E-state index contributed by atoms with van der Waals surface area (Å²) in [4.78, 5) is 2.22. The second kappa shape index (κ2) is 23.0. The molecule has 0 spiro atoms. The lowest BCUT2D eigenvalue weighted by Crippen LogP contribution is -2.23. The molecular formula is C21H45NO6. The van der Waals surface area contributed by atoms with E-state index in [2.05, 4.69) is 32.7 Å². The molecule has 0 fully saturated rings. The van der Waals surface area contributed by atoms with Gasteiger partial charge in [0.2, 0.25) is 0 Å². The van der Waals surface area contributed by atoms with E-state index in [0.717, 1.165) is 38.6 Å². The van der Waals surface area contributed by atoms with E-state index < -0.39 is 0 Å². The van der Waals surface area contributed by atoms with Crippen LogP contribution in [-0.4, -0.2) is 104 Å². The molecule has 0 N–H and O–H groups in total. The smallest absolute Gasteiger partial charge is 0.0701 e. The predicted octanol–water partition coefficient (Wildman–Crippen LogP) is 2.47. The molecule has 0 bridgehead atoms. The molecule has 7 nitrogen and oxygen atoms in total. The van der Waals surface area contributed by atoms with Crippen LogP contribution in [0, 0.1) is 5.92 Å². The highest BCUT2D eigenvalue weighted by Crippen LogP contribution is 2.05. The summed E-state index contributed by atoms with van der Waals surface area (Å²) in [6.45, 7) is 16.1. The van der Waals surface area contributed by atoms with E-state index in [0.29, 0.717) is 66.1 Å². The van der Waals surface area contributed by atoms with E-state index in [1.807, 2.05) is 0 Å². The minimum atomic E-state index is 0.571. The van der Waals surface area contributed by atoms with Crippen LogP contribution in [0.2, 0.25) is 0 Å². The second-order valence-corrected chi connectivity index (χ2v) is 6.87. The quantitative estimate of drug-likeness (QED) is 0.241. The van der Waals surface area contributed by atoms with Crippen molar-refractivity contribution in [1.82, 2.24) is 4.90 Å². The van der Waals surface area contributed by atoms with E-state index in [9.17, 15) is 0 Å². The topological polar surface area (TPSA) is 58.6 Å². The summed E-state index contributed by atoms with van der Waals surface area (Å²) < 4.78 is 32.8. The molecule has 7 heteroatoms. The van der Waals surface area contributed by atoms with Crippen molar-refractivity contribution >= 4 is 0 Å². The average molecular weight is 408 g/mol. The Morgan fingerprint density at radius 1 is 0.571 bits per heavy atom. The molecule has 170 valence electrons. The summed E-state index contributed by atoms with van der Waals surface area (Å²) in [5.41, 5.74) is 0. The Morgan fingerprint density at radius 3 is 1.29 bits per heavy atom. The fraction of sp³-hybridized carbons (Fsp3) is 1.00. The first-order valence-corrected chi connectivity index (χ1v) is 10.9. The number of nitrogens with zero attached hydrogens (tertiary/aromatic N) is 1. The maximum Gasteiger partial charge on any atom is 0.0701 e. The monoisotopic (exact) mass is 407 g/mol. The second-order valence-electron chi connectivity index (χ2n) is 6.87. The lowest BCUT2D eigenvalue weighted by molar-refractivity contribution is -0.0176. The molecule has 0 heterocycles. The first-order chi connectivity index (χ1) is 13.7. The van der Waals surface area contributed by atoms with Crippen molar-refractivity contribution in [3.8, 4) is 0 Å². The fourth-order valence-corrected chi connectivity index (χ4v) is 2.07. The van der Waals surface area contributed by atoms with Gasteiger partial charge in [0, 0.05) is 13.2 Å². The van der Waals surface area contributed by atoms with Crippen LogP contribution < -0.4 is 0 Å². The normalized spacial score (nSPS) is 12.8. The van der Waals surface area contributed by atoms with Crippen molar-refractivity contribution in [2.24, 2.45) is 5.92 Å². The fourth-order valence-electron chi connectivity index (χ4n) is 2.07. The first kappa shape index (κ1) is 27.7. The van der Waals surface area contributed by atoms with Crippen molar-refractivity contribution in [2.75, 3.05) is 99.4 Å². The van der Waals surface area contributed by atoms with Crippen molar-refractivity contribution in [3.63, 3.8) is 0 Å². The third kappa shape index (κ3) is 22.0. The highest BCUT2D eigenvalue weighted by Gasteiger charge is 1.98. The van der Waals surface area contributed by atoms with Gasteiger partial charge in [-0.25, -0.2) is 0 Å². The van der Waals surface area contributed by atoms with E-state index in [-0.39, 0.29) is 0 Å². The number of hydrogen-bond acceptors (Lipinski definition) is 7. The van der Waals surface area contributed by atoms with Crippen LogP contribution in [0.3, 0.4) is 0 Å². The standard InChI is InChI=1S/C21H45NO6/c1-5-21(3)7-9-23-11-13-25-15-17-27-19-20-28-18-16-26-14-12-24-10-8-22(4)6-2/h21H,5-20H2,1-4H3. The van der Waals surface area contributed by atoms with Crippen molar-refractivity contribution in [1.29, 1.82) is 0 Å². The third-order valence-electron chi connectivity index (χ3n) is 4.47. The molecule has 0 aliphatic rings. The van der Waals surface area contributed by atoms with Gasteiger partial charge in [-0.15, -0.1) is 0 Å². The molecule has 0 amide bonds. The van der Waals surface area contributed by atoms with E-state index >= 15 is 0 Å². The molecule has 0 aliphatic carbocycles. The number of rotatable bonds is 23. The molecule has 0 saturated carbocycles. The molecular weight excluding hydrogens is 362 g/mol. The maximum absolute atomic E-state index is 5.53. The molecule has 0 aliphatic heterocycles. The van der Waals surface area contributed by atoms with Gasteiger partial charge in [0.25, 0.3) is 0 Å². The summed E-state index contributed by atoms with van der Waals surface area (Å²) >= 11 is 0. The molecule has 28 heavy (non-hydrogen) atoms. The number of ether oxygens (including phenoxy) is 6. The molecule has 1 atom stereocenters. The van der Waals surface area contributed by atoms with Crippen LogP contribution in [0.15, 0.2) is 0 Å². The van der Waals surface area contributed by atoms with Gasteiger partial charge in [-0.05, 0) is 25.9 Å². The average Bonchev–Trinajstić information content (AvgIpc) is 2.71. The number of likely N-dealkylation sites (N-methyl/N-ethyl adjacent to an activating group) is 1. The molecule has 1 unspecified atom stereocenters. The Morgan fingerprint density at radius 2 is 0.929 bits per heavy atom. The van der Waals surface area contributed by atoms with Crippen LogP contribution in [0.25, 0.3) is 0 Å². The summed E-state index contributed by atoms with van der Waals surface area (Å²) in [7, 11) is 2.08. The Bertz CT molecular complexity index is 268. The zero-order chi connectivity index (χ0) is 20.7. The van der Waals surface area contributed by atoms with E-state index in [1.54, 1.807) is 0 Å². The van der Waals surface area contributed by atoms with E-state index in [4.69, 9.17) is 28.4 Å². The Kier molecular flexibility index (Phi) is 22.8. The molecule has 0 saturated heterocycles. The Hall–Kier alpha value is -0.280. The molecule has 0 radical (unpaired) electrons. The first-order valence-electron chi connectivity index (χ1n) is 10.9. The van der Waals surface area contributed by atoms with Crippen molar-refractivity contribution in [2.45, 2.75) is 33.6 Å².